The van der Waals surface area contributed by atoms with Gasteiger partial charge in [0.1, 0.15) is 28.1 Å². The second-order valence-corrected chi connectivity index (χ2v) is 19.2. The van der Waals surface area contributed by atoms with Crippen LogP contribution in [0.15, 0.2) is 36.7 Å². The van der Waals surface area contributed by atoms with Crippen LogP contribution < -0.4 is 5.32 Å². The number of likely N-dealkylation sites (tertiary alicyclic amines) is 2. The van der Waals surface area contributed by atoms with Crippen LogP contribution >= 0.6 is 0 Å². The van der Waals surface area contributed by atoms with Crippen LogP contribution in [0.3, 0.4) is 0 Å². The molecule has 0 aliphatic carbocycles. The van der Waals surface area contributed by atoms with Gasteiger partial charge in [-0.2, -0.15) is 0 Å². The minimum Gasteiger partial charge on any atom is -0.460 e. The number of esters is 2. The minimum absolute atomic E-state index is 0.0785. The van der Waals surface area contributed by atoms with Gasteiger partial charge in [0.25, 0.3) is 5.91 Å². The third-order valence-corrected chi connectivity index (χ3v) is 9.32. The molecule has 0 radical (unpaired) electrons. The number of benzene rings is 1. The number of nitrogens with zero attached hydrogens (tertiary/aromatic N) is 4. The first-order valence-electron chi connectivity index (χ1n) is 19.9. The molecule has 3 amide bonds. The number of anilines is 1. The van der Waals surface area contributed by atoms with E-state index in [4.69, 9.17) is 18.9 Å². The number of amides is 3. The van der Waals surface area contributed by atoms with Crippen molar-refractivity contribution in [3.63, 3.8) is 0 Å². The van der Waals surface area contributed by atoms with Gasteiger partial charge in [-0.25, -0.2) is 14.6 Å². The molecule has 314 valence electrons. The predicted octanol–water partition coefficient (Wildman–Crippen LogP) is 7.24. The predicted molar refractivity (Wildman–Crippen MR) is 214 cm³/mol. The zero-order valence-electron chi connectivity index (χ0n) is 35.9. The van der Waals surface area contributed by atoms with Crippen molar-refractivity contribution < 1.29 is 42.9 Å². The Labute approximate surface area is 337 Å². The van der Waals surface area contributed by atoms with Gasteiger partial charge in [0.2, 0.25) is 0 Å². The van der Waals surface area contributed by atoms with E-state index in [1.807, 2.05) is 95.2 Å². The van der Waals surface area contributed by atoms with Crippen molar-refractivity contribution in [1.82, 2.24) is 19.8 Å². The normalized spacial score (nSPS) is 18.7. The van der Waals surface area contributed by atoms with Crippen LogP contribution in [0.25, 0.3) is 0 Å². The van der Waals surface area contributed by atoms with Crippen molar-refractivity contribution in [3.05, 3.63) is 53.6 Å². The van der Waals surface area contributed by atoms with Gasteiger partial charge in [0.15, 0.2) is 0 Å². The molecular formula is C43H63N5O9. The van der Waals surface area contributed by atoms with E-state index in [9.17, 15) is 24.0 Å². The summed E-state index contributed by atoms with van der Waals surface area (Å²) < 4.78 is 22.8. The number of carbonyl (C=O) groups is 5. The highest BCUT2D eigenvalue weighted by atomic mass is 16.6. The molecule has 2 aliphatic heterocycles. The summed E-state index contributed by atoms with van der Waals surface area (Å²) in [5.41, 5.74) is -0.769. The largest absolute Gasteiger partial charge is 0.460 e. The Balaban J connectivity index is 1.44. The summed E-state index contributed by atoms with van der Waals surface area (Å²) in [7, 11) is 0. The van der Waals surface area contributed by atoms with Gasteiger partial charge in [-0.1, -0.05) is 12.1 Å². The molecule has 14 nitrogen and oxygen atoms in total. The molecule has 2 fully saturated rings. The lowest BCUT2D eigenvalue weighted by molar-refractivity contribution is -0.163. The highest BCUT2D eigenvalue weighted by Crippen LogP contribution is 2.32. The van der Waals surface area contributed by atoms with Crippen LogP contribution in [-0.2, 0) is 41.4 Å². The Kier molecular flexibility index (Phi) is 14.0. The number of carbonyl (C=O) groups excluding carboxylic acids is 5. The summed E-state index contributed by atoms with van der Waals surface area (Å²) >= 11 is 0. The van der Waals surface area contributed by atoms with Crippen LogP contribution in [0.1, 0.15) is 118 Å². The molecule has 0 spiro atoms. The van der Waals surface area contributed by atoms with Crippen LogP contribution in [0.5, 0.6) is 0 Å². The molecule has 0 bridgehead atoms. The van der Waals surface area contributed by atoms with Crippen LogP contribution in [-0.4, -0.2) is 98.4 Å². The number of hydrogen-bond donors (Lipinski definition) is 1. The summed E-state index contributed by atoms with van der Waals surface area (Å²) in [6, 6.07) is 7.25. The van der Waals surface area contributed by atoms with E-state index in [1.165, 1.54) is 12.4 Å². The van der Waals surface area contributed by atoms with E-state index in [0.717, 1.165) is 5.56 Å². The molecule has 0 unspecified atom stereocenters. The first-order valence-corrected chi connectivity index (χ1v) is 19.9. The molecule has 2 saturated heterocycles. The Morgan fingerprint density at radius 2 is 1.14 bits per heavy atom. The maximum Gasteiger partial charge on any atom is 0.410 e. The molecule has 1 aromatic carbocycles. The third-order valence-electron chi connectivity index (χ3n) is 9.32. The molecule has 2 aliphatic rings. The Hall–Kier alpha value is -4.75. The molecule has 1 N–H and O–H groups in total. The summed E-state index contributed by atoms with van der Waals surface area (Å²) in [5.74, 6) is -2.66. The lowest BCUT2D eigenvalue weighted by Gasteiger charge is -2.28. The van der Waals surface area contributed by atoms with E-state index in [-0.39, 0.29) is 35.9 Å². The lowest BCUT2D eigenvalue weighted by atomic mass is 9.86. The number of nitrogens with one attached hydrogen (secondary N) is 1. The zero-order chi connectivity index (χ0) is 42.5. The van der Waals surface area contributed by atoms with E-state index in [0.29, 0.717) is 56.8 Å². The second-order valence-electron chi connectivity index (χ2n) is 19.2. The van der Waals surface area contributed by atoms with Gasteiger partial charge in [0.05, 0.1) is 23.7 Å². The summed E-state index contributed by atoms with van der Waals surface area (Å²) in [6.45, 7) is 23.4. The molecule has 14 heteroatoms. The number of rotatable bonds is 10. The van der Waals surface area contributed by atoms with E-state index in [2.05, 4.69) is 15.3 Å². The fraction of sp³-hybridized carbons (Fsp3) is 0.651. The number of hydrogen-bond acceptors (Lipinski definition) is 11. The van der Waals surface area contributed by atoms with E-state index in [1.54, 1.807) is 21.9 Å². The number of aromatic nitrogens is 2. The third kappa shape index (κ3) is 14.3. The van der Waals surface area contributed by atoms with Gasteiger partial charge in [-0.3, -0.25) is 19.4 Å². The molecule has 1 aromatic heterocycles. The average molecular weight is 794 g/mol. The van der Waals surface area contributed by atoms with Crippen LogP contribution in [0.4, 0.5) is 15.3 Å². The molecule has 4 rings (SSSR count). The van der Waals surface area contributed by atoms with Crippen molar-refractivity contribution in [1.29, 1.82) is 0 Å². The monoisotopic (exact) mass is 793 g/mol. The molecule has 0 saturated carbocycles. The molecule has 4 atom stereocenters. The quantitative estimate of drug-likeness (QED) is 0.190. The summed E-state index contributed by atoms with van der Waals surface area (Å²) in [4.78, 5) is 78.1. The fourth-order valence-electron chi connectivity index (χ4n) is 6.88. The fourth-order valence-corrected chi connectivity index (χ4v) is 6.88. The van der Waals surface area contributed by atoms with E-state index >= 15 is 0 Å². The van der Waals surface area contributed by atoms with E-state index < -0.39 is 52.3 Å². The minimum atomic E-state index is -0.708. The van der Waals surface area contributed by atoms with Gasteiger partial charge in [-0.15, -0.1) is 0 Å². The Bertz CT molecular complexity index is 1750. The van der Waals surface area contributed by atoms with Gasteiger partial charge in [-0.05, 0) is 132 Å². The van der Waals surface area contributed by atoms with Crippen LogP contribution in [0, 0.1) is 23.7 Å². The highest BCUT2D eigenvalue weighted by molar-refractivity contribution is 6.02. The summed E-state index contributed by atoms with van der Waals surface area (Å²) in [5, 5.41) is 2.88. The molecule has 2 aromatic rings. The van der Waals surface area contributed by atoms with Gasteiger partial charge in [0, 0.05) is 44.5 Å². The standard InChI is InChI=1S/C43H63N5O9/c1-40(2,3)54-36(50)32(28-16-18-47(25-28)38(52)56-42(7,8)9)21-27-14-13-15-30(20-27)46-35(49)34-24-44-31(23-45-34)22-33(37(51)55-41(4,5)6)29-17-19-48(26-29)39(53)57-43(10,11)12/h13-15,20,23-24,28-29,32-33H,16-19,21-22,25-26H2,1-12H3,(H,46,49)/t28-,29-,32-,33-/m0/s1. The number of ether oxygens (including phenoxy) is 4. The smallest absolute Gasteiger partial charge is 0.410 e. The molecule has 3 heterocycles. The molecule has 57 heavy (non-hydrogen) atoms. The topological polar surface area (TPSA) is 167 Å². The SMILES string of the molecule is CC(C)(C)OC(=O)[C@@H](Cc1cccc(NC(=O)c2cnc(C[C@H](C(=O)OC(C)(C)C)[C@H]3CCN(C(=O)OC(C)(C)C)C3)cn2)c1)[C@H]1CCN(C(=O)OC(C)(C)C)C1. The van der Waals surface area contributed by atoms with Crippen molar-refractivity contribution in [2.45, 2.75) is 131 Å². The Morgan fingerprint density at radius 3 is 1.58 bits per heavy atom. The van der Waals surface area contributed by atoms with Gasteiger partial charge >= 0.3 is 24.1 Å². The first-order chi connectivity index (χ1) is 26.2. The van der Waals surface area contributed by atoms with Crippen molar-refractivity contribution in [3.8, 4) is 0 Å². The van der Waals surface area contributed by atoms with Crippen molar-refractivity contribution in [2.24, 2.45) is 23.7 Å². The Morgan fingerprint density at radius 1 is 0.667 bits per heavy atom. The highest BCUT2D eigenvalue weighted by Gasteiger charge is 2.41. The zero-order valence-corrected chi connectivity index (χ0v) is 35.9. The lowest BCUT2D eigenvalue weighted by Crippen LogP contribution is -2.38. The maximum atomic E-state index is 13.6. The van der Waals surface area contributed by atoms with Crippen molar-refractivity contribution >= 4 is 35.7 Å². The first kappa shape index (κ1) is 45.0. The second kappa shape index (κ2) is 17.8. The van der Waals surface area contributed by atoms with Crippen molar-refractivity contribution in [2.75, 3.05) is 31.5 Å². The summed E-state index contributed by atoms with van der Waals surface area (Å²) in [6.07, 6.45) is 3.81. The van der Waals surface area contributed by atoms with Gasteiger partial charge < -0.3 is 34.1 Å². The van der Waals surface area contributed by atoms with Crippen LogP contribution in [0.2, 0.25) is 0 Å². The molecular weight excluding hydrogens is 730 g/mol. The maximum absolute atomic E-state index is 13.6. The average Bonchev–Trinajstić information content (AvgIpc) is 3.75.